The molecule has 20 heavy (non-hydrogen) atoms. The second kappa shape index (κ2) is 6.23. The summed E-state index contributed by atoms with van der Waals surface area (Å²) in [6.45, 7) is 7.20. The van der Waals surface area contributed by atoms with Crippen molar-refractivity contribution in [1.82, 2.24) is 5.32 Å². The molecule has 2 aromatic rings. The van der Waals surface area contributed by atoms with Gasteiger partial charge in [-0.2, -0.15) is 0 Å². The molecular weight excluding hydrogens is 253 g/mol. The average Bonchev–Trinajstić information content (AvgIpc) is 2.86. The second-order valence-corrected chi connectivity index (χ2v) is 6.22. The number of nitrogens with one attached hydrogen (secondary N) is 1. The van der Waals surface area contributed by atoms with Crippen molar-refractivity contribution in [3.63, 3.8) is 0 Å². The largest absolute Gasteiger partial charge is 0.472 e. The Morgan fingerprint density at radius 2 is 2.05 bits per heavy atom. The van der Waals surface area contributed by atoms with Crippen molar-refractivity contribution in [2.45, 2.75) is 38.6 Å². The molecule has 1 unspecified atom stereocenters. The van der Waals surface area contributed by atoms with Gasteiger partial charge in [0.15, 0.2) is 0 Å². The summed E-state index contributed by atoms with van der Waals surface area (Å²) in [5.41, 5.74) is 2.19. The molecular formula is C17H22FNO. The van der Waals surface area contributed by atoms with Crippen molar-refractivity contribution in [2.75, 3.05) is 6.54 Å². The molecule has 2 rings (SSSR count). The van der Waals surface area contributed by atoms with Crippen LogP contribution in [0.1, 0.15) is 37.8 Å². The molecule has 0 saturated carbocycles. The lowest BCUT2D eigenvalue weighted by Crippen LogP contribution is -2.39. The van der Waals surface area contributed by atoms with Gasteiger partial charge in [0.2, 0.25) is 0 Å². The quantitative estimate of drug-likeness (QED) is 0.887. The molecule has 0 saturated heterocycles. The highest BCUT2D eigenvalue weighted by Crippen LogP contribution is 2.22. The van der Waals surface area contributed by atoms with Gasteiger partial charge < -0.3 is 9.73 Å². The smallest absolute Gasteiger partial charge is 0.123 e. The molecule has 3 heteroatoms. The van der Waals surface area contributed by atoms with Crippen molar-refractivity contribution in [2.24, 2.45) is 0 Å². The lowest BCUT2D eigenvalue weighted by atomic mass is 9.92. The summed E-state index contributed by atoms with van der Waals surface area (Å²) in [7, 11) is 0. The van der Waals surface area contributed by atoms with E-state index in [0.29, 0.717) is 0 Å². The lowest BCUT2D eigenvalue weighted by Gasteiger charge is -2.25. The molecule has 0 bridgehead atoms. The van der Waals surface area contributed by atoms with Crippen molar-refractivity contribution >= 4 is 0 Å². The van der Waals surface area contributed by atoms with Gasteiger partial charge >= 0.3 is 0 Å². The summed E-state index contributed by atoms with van der Waals surface area (Å²) in [5.74, 6) is 0.0398. The Morgan fingerprint density at radius 1 is 1.25 bits per heavy atom. The summed E-state index contributed by atoms with van der Waals surface area (Å²) in [6, 6.07) is 8.82. The SMILES string of the molecule is CC(C)(C)NCC(Cc1ccoc1)c1cccc(F)c1. The van der Waals surface area contributed by atoms with Gasteiger partial charge in [-0.05, 0) is 56.5 Å². The van der Waals surface area contributed by atoms with Gasteiger partial charge in [-0.3, -0.25) is 0 Å². The summed E-state index contributed by atoms with van der Waals surface area (Å²) in [4.78, 5) is 0. The van der Waals surface area contributed by atoms with E-state index < -0.39 is 0 Å². The van der Waals surface area contributed by atoms with E-state index in [1.807, 2.05) is 12.1 Å². The molecule has 1 aromatic heterocycles. The molecule has 108 valence electrons. The number of hydrogen-bond acceptors (Lipinski definition) is 2. The fourth-order valence-electron chi connectivity index (χ4n) is 2.19. The third-order valence-electron chi connectivity index (χ3n) is 3.26. The number of halogens is 1. The van der Waals surface area contributed by atoms with Gasteiger partial charge in [-0.15, -0.1) is 0 Å². The van der Waals surface area contributed by atoms with Gasteiger partial charge in [0, 0.05) is 18.0 Å². The maximum Gasteiger partial charge on any atom is 0.123 e. The van der Waals surface area contributed by atoms with Crippen molar-refractivity contribution in [1.29, 1.82) is 0 Å². The maximum absolute atomic E-state index is 13.4. The lowest BCUT2D eigenvalue weighted by molar-refractivity contribution is 0.404. The third-order valence-corrected chi connectivity index (χ3v) is 3.26. The molecule has 0 fully saturated rings. The predicted molar refractivity (Wildman–Crippen MR) is 79.3 cm³/mol. The first-order valence-corrected chi connectivity index (χ1v) is 6.95. The Balaban J connectivity index is 2.15. The van der Waals surface area contributed by atoms with Crippen LogP contribution in [-0.2, 0) is 6.42 Å². The van der Waals surface area contributed by atoms with E-state index in [1.54, 1.807) is 24.7 Å². The zero-order chi connectivity index (χ0) is 14.6. The fourth-order valence-corrected chi connectivity index (χ4v) is 2.19. The standard InChI is InChI=1S/C17H22FNO/c1-17(2,3)19-11-15(9-13-7-8-20-12-13)14-5-4-6-16(18)10-14/h4-8,10,12,15,19H,9,11H2,1-3H3. The molecule has 0 aliphatic rings. The highest BCUT2D eigenvalue weighted by atomic mass is 19.1. The Kier molecular flexibility index (Phi) is 4.61. The van der Waals surface area contributed by atoms with Crippen LogP contribution in [-0.4, -0.2) is 12.1 Å². The summed E-state index contributed by atoms with van der Waals surface area (Å²) in [6.07, 6.45) is 4.27. The third kappa shape index (κ3) is 4.49. The van der Waals surface area contributed by atoms with E-state index in [9.17, 15) is 4.39 Å². The van der Waals surface area contributed by atoms with Crippen LogP contribution in [0.2, 0.25) is 0 Å². The van der Waals surface area contributed by atoms with Crippen LogP contribution in [0.25, 0.3) is 0 Å². The highest BCUT2D eigenvalue weighted by molar-refractivity contribution is 5.24. The first-order valence-electron chi connectivity index (χ1n) is 6.95. The zero-order valence-corrected chi connectivity index (χ0v) is 12.3. The first-order chi connectivity index (χ1) is 9.44. The van der Waals surface area contributed by atoms with Gasteiger partial charge in [-0.1, -0.05) is 12.1 Å². The van der Waals surface area contributed by atoms with Crippen molar-refractivity contribution < 1.29 is 8.81 Å². The Bertz CT molecular complexity index is 528. The van der Waals surface area contributed by atoms with Gasteiger partial charge in [0.25, 0.3) is 0 Å². The van der Waals surface area contributed by atoms with E-state index in [1.165, 1.54) is 6.07 Å². The average molecular weight is 275 g/mol. The Morgan fingerprint density at radius 3 is 2.65 bits per heavy atom. The van der Waals surface area contributed by atoms with E-state index in [4.69, 9.17) is 4.42 Å². The van der Waals surface area contributed by atoms with Crippen molar-refractivity contribution in [3.8, 4) is 0 Å². The monoisotopic (exact) mass is 275 g/mol. The minimum Gasteiger partial charge on any atom is -0.472 e. The topological polar surface area (TPSA) is 25.2 Å². The number of furan rings is 1. The van der Waals surface area contributed by atoms with Crippen LogP contribution in [0.4, 0.5) is 4.39 Å². The molecule has 0 amide bonds. The minimum absolute atomic E-state index is 0.0436. The zero-order valence-electron chi connectivity index (χ0n) is 12.3. The van der Waals surface area contributed by atoms with Crippen LogP contribution >= 0.6 is 0 Å². The molecule has 1 aromatic carbocycles. The summed E-state index contributed by atoms with van der Waals surface area (Å²) in [5, 5.41) is 3.50. The fraction of sp³-hybridized carbons (Fsp3) is 0.412. The van der Waals surface area contributed by atoms with Crippen LogP contribution in [0.3, 0.4) is 0 Å². The van der Waals surface area contributed by atoms with Crippen LogP contribution in [0.15, 0.2) is 47.3 Å². The molecule has 1 atom stereocenters. The molecule has 0 spiro atoms. The number of rotatable bonds is 5. The van der Waals surface area contributed by atoms with Gasteiger partial charge in [0.1, 0.15) is 5.82 Å². The van der Waals surface area contributed by atoms with Crippen LogP contribution in [0.5, 0.6) is 0 Å². The number of hydrogen-bond donors (Lipinski definition) is 1. The molecule has 1 heterocycles. The van der Waals surface area contributed by atoms with E-state index in [0.717, 1.165) is 24.1 Å². The molecule has 0 aliphatic heterocycles. The van der Waals surface area contributed by atoms with Crippen molar-refractivity contribution in [3.05, 3.63) is 59.8 Å². The molecule has 1 N–H and O–H groups in total. The van der Waals surface area contributed by atoms with Crippen LogP contribution in [0, 0.1) is 5.82 Å². The van der Waals surface area contributed by atoms with E-state index in [-0.39, 0.29) is 17.3 Å². The second-order valence-electron chi connectivity index (χ2n) is 6.22. The minimum atomic E-state index is -0.185. The van der Waals surface area contributed by atoms with Crippen LogP contribution < -0.4 is 5.32 Å². The Labute approximate surface area is 120 Å². The number of benzene rings is 1. The van der Waals surface area contributed by atoms with Gasteiger partial charge in [-0.25, -0.2) is 4.39 Å². The molecule has 0 aliphatic carbocycles. The summed E-state index contributed by atoms with van der Waals surface area (Å²) < 4.78 is 18.6. The Hall–Kier alpha value is -1.61. The maximum atomic E-state index is 13.4. The molecule has 0 radical (unpaired) electrons. The predicted octanol–water partition coefficient (Wildman–Crippen LogP) is 4.13. The highest BCUT2D eigenvalue weighted by Gasteiger charge is 2.17. The molecule has 2 nitrogen and oxygen atoms in total. The first kappa shape index (κ1) is 14.8. The van der Waals surface area contributed by atoms with E-state index in [2.05, 4.69) is 26.1 Å². The normalized spacial score (nSPS) is 13.4. The van der Waals surface area contributed by atoms with Gasteiger partial charge in [0.05, 0.1) is 12.5 Å². The van der Waals surface area contributed by atoms with E-state index >= 15 is 0 Å². The summed E-state index contributed by atoms with van der Waals surface area (Å²) >= 11 is 0.